The molecule has 0 radical (unpaired) electrons. The molecule has 0 saturated heterocycles. The van der Waals surface area contributed by atoms with Crippen molar-refractivity contribution in [3.63, 3.8) is 0 Å². The highest BCUT2D eigenvalue weighted by atomic mass is 16.5. The van der Waals surface area contributed by atoms with Crippen molar-refractivity contribution < 1.29 is 4.74 Å². The molecule has 0 aliphatic carbocycles. The first-order valence-corrected chi connectivity index (χ1v) is 4.97. The van der Waals surface area contributed by atoms with Crippen molar-refractivity contribution >= 4 is 5.69 Å². The molecule has 0 spiro atoms. The van der Waals surface area contributed by atoms with Gasteiger partial charge in [-0.1, -0.05) is 0 Å². The molecule has 0 fully saturated rings. The summed E-state index contributed by atoms with van der Waals surface area (Å²) in [5.41, 5.74) is 7.27. The number of benzene rings is 1. The highest BCUT2D eigenvalue weighted by molar-refractivity contribution is 5.53. The van der Waals surface area contributed by atoms with Crippen molar-refractivity contribution in [2.75, 3.05) is 5.73 Å². The third kappa shape index (κ3) is 2.49. The van der Waals surface area contributed by atoms with Crippen LogP contribution in [0.2, 0.25) is 0 Å². The second kappa shape index (κ2) is 4.49. The first kappa shape index (κ1) is 10.9. The van der Waals surface area contributed by atoms with Gasteiger partial charge in [-0.3, -0.25) is 0 Å². The van der Waals surface area contributed by atoms with Gasteiger partial charge in [0.25, 0.3) is 0 Å². The number of nitrogens with two attached hydrogens (primary N) is 1. The van der Waals surface area contributed by atoms with E-state index in [1.165, 1.54) is 0 Å². The van der Waals surface area contributed by atoms with Crippen LogP contribution >= 0.6 is 0 Å². The van der Waals surface area contributed by atoms with E-state index >= 15 is 0 Å². The molecule has 5 heteroatoms. The number of rotatable bonds is 2. The summed E-state index contributed by atoms with van der Waals surface area (Å²) in [6, 6.07) is 10.3. The van der Waals surface area contributed by atoms with E-state index in [9.17, 15) is 0 Å². The fourth-order valence-electron chi connectivity index (χ4n) is 1.28. The number of nitrogen functional groups attached to an aromatic ring is 1. The molecule has 1 aromatic carbocycles. The van der Waals surface area contributed by atoms with E-state index in [1.807, 2.05) is 13.0 Å². The van der Waals surface area contributed by atoms with E-state index < -0.39 is 0 Å². The van der Waals surface area contributed by atoms with Gasteiger partial charge >= 0.3 is 0 Å². The molecular weight excluding hydrogens is 216 g/mol. The fourth-order valence-corrected chi connectivity index (χ4v) is 1.28. The largest absolute Gasteiger partial charge is 0.436 e. The Kier molecular flexibility index (Phi) is 2.88. The lowest BCUT2D eigenvalue weighted by molar-refractivity contribution is 0.453. The van der Waals surface area contributed by atoms with Crippen molar-refractivity contribution in [2.45, 2.75) is 6.92 Å². The van der Waals surface area contributed by atoms with Gasteiger partial charge in [0.2, 0.25) is 5.88 Å². The van der Waals surface area contributed by atoms with E-state index in [2.05, 4.69) is 10.2 Å². The van der Waals surface area contributed by atoms with Gasteiger partial charge in [0.1, 0.15) is 11.8 Å². The predicted molar refractivity (Wildman–Crippen MR) is 62.4 cm³/mol. The summed E-state index contributed by atoms with van der Waals surface area (Å²) >= 11 is 0. The lowest BCUT2D eigenvalue weighted by atomic mass is 10.2. The Morgan fingerprint density at radius 2 is 2.06 bits per heavy atom. The van der Waals surface area contributed by atoms with Crippen molar-refractivity contribution in [3.05, 3.63) is 41.6 Å². The number of ether oxygens (including phenoxy) is 1. The highest BCUT2D eigenvalue weighted by Crippen LogP contribution is 2.24. The SMILES string of the molecule is Cc1ccc(Oc2ccc(N)cc2C#N)nn1. The molecule has 2 aromatic rings. The standard InChI is InChI=1S/C12H10N4O/c1-8-2-5-12(16-15-8)17-11-4-3-10(14)6-9(11)7-13/h2-6H,14H2,1H3. The normalized spacial score (nSPS) is 9.65. The van der Waals surface area contributed by atoms with Crippen molar-refractivity contribution in [3.8, 4) is 17.7 Å². The highest BCUT2D eigenvalue weighted by Gasteiger charge is 2.06. The van der Waals surface area contributed by atoms with E-state index in [-0.39, 0.29) is 0 Å². The number of hydrogen-bond donors (Lipinski definition) is 1. The van der Waals surface area contributed by atoms with Crippen LogP contribution in [0.5, 0.6) is 11.6 Å². The maximum atomic E-state index is 8.94. The van der Waals surface area contributed by atoms with Gasteiger partial charge < -0.3 is 10.5 Å². The van der Waals surface area contributed by atoms with E-state index in [0.717, 1.165) is 5.69 Å². The molecule has 84 valence electrons. The Balaban J connectivity index is 2.30. The van der Waals surface area contributed by atoms with Crippen molar-refractivity contribution in [1.29, 1.82) is 5.26 Å². The Labute approximate surface area is 98.5 Å². The first-order valence-electron chi connectivity index (χ1n) is 4.97. The first-order chi connectivity index (χ1) is 8.19. The minimum Gasteiger partial charge on any atom is -0.436 e. The van der Waals surface area contributed by atoms with Gasteiger partial charge in [-0.2, -0.15) is 10.4 Å². The Morgan fingerprint density at radius 1 is 1.24 bits per heavy atom. The van der Waals surface area contributed by atoms with Crippen LogP contribution in [0.1, 0.15) is 11.3 Å². The summed E-state index contributed by atoms with van der Waals surface area (Å²) in [6.45, 7) is 1.83. The summed E-state index contributed by atoms with van der Waals surface area (Å²) in [4.78, 5) is 0. The molecule has 0 aliphatic heterocycles. The maximum Gasteiger partial charge on any atom is 0.238 e. The summed E-state index contributed by atoms with van der Waals surface area (Å²) in [5, 5.41) is 16.7. The zero-order valence-corrected chi connectivity index (χ0v) is 9.21. The number of nitrogens with zero attached hydrogens (tertiary/aromatic N) is 3. The number of aromatic nitrogens is 2. The van der Waals surface area contributed by atoms with Crippen molar-refractivity contribution in [2.24, 2.45) is 0 Å². The second-order valence-electron chi connectivity index (χ2n) is 3.48. The maximum absolute atomic E-state index is 8.94. The molecule has 0 unspecified atom stereocenters. The van der Waals surface area contributed by atoms with Gasteiger partial charge in [0, 0.05) is 11.8 Å². The lowest BCUT2D eigenvalue weighted by Crippen LogP contribution is -1.94. The number of hydrogen-bond acceptors (Lipinski definition) is 5. The van der Waals surface area contributed by atoms with Gasteiger partial charge in [0.05, 0.1) is 11.3 Å². The smallest absolute Gasteiger partial charge is 0.238 e. The minimum absolute atomic E-state index is 0.344. The van der Waals surface area contributed by atoms with Gasteiger partial charge in [-0.05, 0) is 31.2 Å². The third-order valence-electron chi connectivity index (χ3n) is 2.11. The minimum atomic E-state index is 0.344. The molecule has 1 aromatic heterocycles. The molecule has 1 heterocycles. The number of anilines is 1. The van der Waals surface area contributed by atoms with Crippen LogP contribution in [0.3, 0.4) is 0 Å². The molecule has 2 N–H and O–H groups in total. The monoisotopic (exact) mass is 226 g/mol. The summed E-state index contributed by atoms with van der Waals surface area (Å²) in [6.07, 6.45) is 0. The van der Waals surface area contributed by atoms with E-state index in [0.29, 0.717) is 22.9 Å². The molecular formula is C12H10N4O. The lowest BCUT2D eigenvalue weighted by Gasteiger charge is -2.06. The Morgan fingerprint density at radius 3 is 2.71 bits per heavy atom. The predicted octanol–water partition coefficient (Wildman–Crippen LogP) is 2.03. The topological polar surface area (TPSA) is 84.8 Å². The molecule has 0 saturated carbocycles. The molecule has 0 aliphatic rings. The van der Waals surface area contributed by atoms with Crippen LogP contribution in [0.25, 0.3) is 0 Å². The zero-order valence-electron chi connectivity index (χ0n) is 9.21. The van der Waals surface area contributed by atoms with Crippen LogP contribution in [-0.4, -0.2) is 10.2 Å². The van der Waals surface area contributed by atoms with Crippen molar-refractivity contribution in [1.82, 2.24) is 10.2 Å². The average Bonchev–Trinajstić information content (AvgIpc) is 2.34. The quantitative estimate of drug-likeness (QED) is 0.792. The van der Waals surface area contributed by atoms with Gasteiger partial charge in [-0.25, -0.2) is 0 Å². The van der Waals surface area contributed by atoms with Crippen LogP contribution in [0.4, 0.5) is 5.69 Å². The van der Waals surface area contributed by atoms with Gasteiger partial charge in [-0.15, -0.1) is 5.10 Å². The summed E-state index contributed by atoms with van der Waals surface area (Å²) < 4.78 is 5.46. The molecule has 17 heavy (non-hydrogen) atoms. The molecule has 0 bridgehead atoms. The fraction of sp³-hybridized carbons (Fsp3) is 0.0833. The second-order valence-corrected chi connectivity index (χ2v) is 3.48. The summed E-state index contributed by atoms with van der Waals surface area (Å²) in [5.74, 6) is 0.761. The van der Waals surface area contributed by atoms with Crippen LogP contribution in [0, 0.1) is 18.3 Å². The Bertz CT molecular complexity index is 572. The van der Waals surface area contributed by atoms with E-state index in [4.69, 9.17) is 15.7 Å². The molecule has 2 rings (SSSR count). The van der Waals surface area contributed by atoms with E-state index in [1.54, 1.807) is 30.3 Å². The van der Waals surface area contributed by atoms with Crippen LogP contribution in [0.15, 0.2) is 30.3 Å². The van der Waals surface area contributed by atoms with Crippen LogP contribution < -0.4 is 10.5 Å². The Hall–Kier alpha value is -2.61. The third-order valence-corrected chi connectivity index (χ3v) is 2.11. The molecule has 5 nitrogen and oxygen atoms in total. The summed E-state index contributed by atoms with van der Waals surface area (Å²) in [7, 11) is 0. The van der Waals surface area contributed by atoms with Crippen LogP contribution in [-0.2, 0) is 0 Å². The molecule has 0 amide bonds. The average molecular weight is 226 g/mol. The molecule has 0 atom stereocenters. The zero-order chi connectivity index (χ0) is 12.3. The van der Waals surface area contributed by atoms with Gasteiger partial charge in [0.15, 0.2) is 0 Å². The number of nitriles is 1. The number of aryl methyl sites for hydroxylation is 1.